The zero-order valence-corrected chi connectivity index (χ0v) is 10.8. The first kappa shape index (κ1) is 13.0. The molecule has 0 amide bonds. The van der Waals surface area contributed by atoms with Gasteiger partial charge in [-0.1, -0.05) is 0 Å². The third-order valence-corrected chi connectivity index (χ3v) is 4.69. The molecule has 0 atom stereocenters. The Balaban J connectivity index is 2.09. The van der Waals surface area contributed by atoms with E-state index in [9.17, 15) is 13.2 Å². The molecule has 2 rings (SSSR count). The number of hydrogen-bond donors (Lipinski definition) is 0. The van der Waals surface area contributed by atoms with Crippen molar-refractivity contribution in [3.05, 3.63) is 29.6 Å². The summed E-state index contributed by atoms with van der Waals surface area (Å²) in [5.41, 5.74) is 0.971. The second-order valence-electron chi connectivity index (χ2n) is 4.03. The second kappa shape index (κ2) is 5.03. The lowest BCUT2D eigenvalue weighted by Gasteiger charge is -2.13. The van der Waals surface area contributed by atoms with Gasteiger partial charge in [-0.15, -0.1) is 0 Å². The van der Waals surface area contributed by atoms with Crippen molar-refractivity contribution in [1.82, 2.24) is 9.29 Å². The molecule has 2 heterocycles. The Bertz CT molecular complexity index is 539. The summed E-state index contributed by atoms with van der Waals surface area (Å²) in [6.45, 7) is 0.784. The van der Waals surface area contributed by atoms with Crippen LogP contribution in [0.3, 0.4) is 0 Å². The Morgan fingerprint density at radius 2 is 2.28 bits per heavy atom. The standard InChI is InChI=1S/C11H14N2O4S/c1-17-11(14)9-3-4-10(12-7-9)8-13-5-2-6-18(13,15)16/h3-4,7H,2,5-6,8H2,1H3. The average Bonchev–Trinajstić information content (AvgIpc) is 2.69. The predicted octanol–water partition coefficient (Wildman–Crippen LogP) is 0.404. The lowest BCUT2D eigenvalue weighted by molar-refractivity contribution is 0.0600. The number of rotatable bonds is 3. The van der Waals surface area contributed by atoms with Gasteiger partial charge < -0.3 is 4.74 Å². The van der Waals surface area contributed by atoms with Crippen LogP contribution in [0.5, 0.6) is 0 Å². The van der Waals surface area contributed by atoms with Gasteiger partial charge in [0.1, 0.15) is 0 Å². The molecule has 0 radical (unpaired) electrons. The van der Waals surface area contributed by atoms with Gasteiger partial charge in [0.25, 0.3) is 0 Å². The smallest absolute Gasteiger partial charge is 0.339 e. The van der Waals surface area contributed by atoms with Crippen molar-refractivity contribution in [3.8, 4) is 0 Å². The zero-order valence-electron chi connectivity index (χ0n) is 10.00. The van der Waals surface area contributed by atoms with Gasteiger partial charge in [0.05, 0.1) is 30.7 Å². The molecule has 1 aromatic heterocycles. The molecule has 7 heteroatoms. The lowest BCUT2D eigenvalue weighted by atomic mass is 10.2. The largest absolute Gasteiger partial charge is 0.465 e. The molecule has 0 bridgehead atoms. The quantitative estimate of drug-likeness (QED) is 0.743. The Labute approximate surface area is 106 Å². The first-order chi connectivity index (χ1) is 8.53. The van der Waals surface area contributed by atoms with E-state index in [0.29, 0.717) is 24.2 Å². The molecular weight excluding hydrogens is 256 g/mol. The Morgan fingerprint density at radius 3 is 2.78 bits per heavy atom. The number of ether oxygens (including phenoxy) is 1. The van der Waals surface area contributed by atoms with Gasteiger partial charge in [-0.05, 0) is 18.6 Å². The van der Waals surface area contributed by atoms with Crippen molar-refractivity contribution in [2.45, 2.75) is 13.0 Å². The first-order valence-electron chi connectivity index (χ1n) is 5.54. The summed E-state index contributed by atoms with van der Waals surface area (Å²) in [4.78, 5) is 15.3. The monoisotopic (exact) mass is 270 g/mol. The van der Waals surface area contributed by atoms with Crippen molar-refractivity contribution in [2.75, 3.05) is 19.4 Å². The van der Waals surface area contributed by atoms with Crippen molar-refractivity contribution in [3.63, 3.8) is 0 Å². The van der Waals surface area contributed by atoms with Crippen LogP contribution >= 0.6 is 0 Å². The molecule has 0 N–H and O–H groups in total. The fraction of sp³-hybridized carbons (Fsp3) is 0.455. The van der Waals surface area contributed by atoms with Gasteiger partial charge in [-0.2, -0.15) is 4.31 Å². The SMILES string of the molecule is COC(=O)c1ccc(CN2CCCS2(=O)=O)nc1. The number of pyridine rings is 1. The Morgan fingerprint density at radius 1 is 1.50 bits per heavy atom. The van der Waals surface area contributed by atoms with E-state index in [0.717, 1.165) is 0 Å². The summed E-state index contributed by atoms with van der Waals surface area (Å²) in [6.07, 6.45) is 2.05. The highest BCUT2D eigenvalue weighted by atomic mass is 32.2. The molecule has 1 aliphatic rings. The van der Waals surface area contributed by atoms with Crippen molar-refractivity contribution in [1.29, 1.82) is 0 Å². The average molecular weight is 270 g/mol. The highest BCUT2D eigenvalue weighted by Gasteiger charge is 2.28. The maximum atomic E-state index is 11.6. The van der Waals surface area contributed by atoms with Crippen LogP contribution in [0, 0.1) is 0 Å². The minimum Gasteiger partial charge on any atom is -0.465 e. The molecule has 0 spiro atoms. The summed E-state index contributed by atoms with van der Waals surface area (Å²) in [5, 5.41) is 0. The minimum absolute atomic E-state index is 0.202. The highest BCUT2D eigenvalue weighted by molar-refractivity contribution is 7.89. The van der Waals surface area contributed by atoms with Crippen molar-refractivity contribution >= 4 is 16.0 Å². The number of hydrogen-bond acceptors (Lipinski definition) is 5. The third-order valence-electron chi connectivity index (χ3n) is 2.79. The molecule has 6 nitrogen and oxygen atoms in total. The third kappa shape index (κ3) is 2.68. The van der Waals surface area contributed by atoms with Gasteiger partial charge in [0.2, 0.25) is 10.0 Å². The van der Waals surface area contributed by atoms with Gasteiger partial charge in [-0.25, -0.2) is 13.2 Å². The molecule has 0 aromatic carbocycles. The summed E-state index contributed by atoms with van der Waals surface area (Å²) in [5.74, 6) is -0.254. The number of methoxy groups -OCH3 is 1. The highest BCUT2D eigenvalue weighted by Crippen LogP contribution is 2.16. The fourth-order valence-electron chi connectivity index (χ4n) is 1.81. The van der Waals surface area contributed by atoms with E-state index in [4.69, 9.17) is 0 Å². The lowest BCUT2D eigenvalue weighted by Crippen LogP contribution is -2.25. The molecule has 0 unspecified atom stereocenters. The molecule has 98 valence electrons. The van der Waals surface area contributed by atoms with Crippen LogP contribution in [0.15, 0.2) is 18.3 Å². The predicted molar refractivity (Wildman–Crippen MR) is 64.4 cm³/mol. The Hall–Kier alpha value is -1.47. The van der Waals surface area contributed by atoms with E-state index in [-0.39, 0.29) is 12.3 Å². The summed E-state index contributed by atoms with van der Waals surface area (Å²) < 4.78 is 29.2. The molecule has 1 saturated heterocycles. The van der Waals surface area contributed by atoms with Crippen LogP contribution in [0.2, 0.25) is 0 Å². The molecule has 0 saturated carbocycles. The second-order valence-corrected chi connectivity index (χ2v) is 6.12. The van der Waals surface area contributed by atoms with Crippen LogP contribution in [0.1, 0.15) is 22.5 Å². The summed E-state index contributed by atoms with van der Waals surface area (Å²) in [6, 6.07) is 3.22. The first-order valence-corrected chi connectivity index (χ1v) is 7.15. The van der Waals surface area contributed by atoms with Crippen LogP contribution in [0.25, 0.3) is 0 Å². The van der Waals surface area contributed by atoms with E-state index in [1.54, 1.807) is 12.1 Å². The maximum absolute atomic E-state index is 11.6. The zero-order chi connectivity index (χ0) is 13.2. The molecular formula is C11H14N2O4S. The van der Waals surface area contributed by atoms with Gasteiger partial charge >= 0.3 is 5.97 Å². The molecule has 1 fully saturated rings. The van der Waals surface area contributed by atoms with Crippen LogP contribution in [-0.4, -0.2) is 43.1 Å². The van der Waals surface area contributed by atoms with E-state index in [1.165, 1.54) is 17.6 Å². The minimum atomic E-state index is -3.11. The van der Waals surface area contributed by atoms with Crippen LogP contribution in [0.4, 0.5) is 0 Å². The number of nitrogens with zero attached hydrogens (tertiary/aromatic N) is 2. The molecule has 0 aliphatic carbocycles. The molecule has 1 aliphatic heterocycles. The van der Waals surface area contributed by atoms with Gasteiger partial charge in [-0.3, -0.25) is 4.98 Å². The number of aromatic nitrogens is 1. The van der Waals surface area contributed by atoms with E-state index in [2.05, 4.69) is 9.72 Å². The van der Waals surface area contributed by atoms with Crippen molar-refractivity contribution < 1.29 is 17.9 Å². The molecule has 18 heavy (non-hydrogen) atoms. The van der Waals surface area contributed by atoms with Crippen LogP contribution < -0.4 is 0 Å². The van der Waals surface area contributed by atoms with Gasteiger partial charge in [0, 0.05) is 12.7 Å². The fourth-order valence-corrected chi connectivity index (χ4v) is 3.29. The van der Waals surface area contributed by atoms with Crippen LogP contribution in [-0.2, 0) is 21.3 Å². The normalized spacial score (nSPS) is 18.7. The number of carbonyl (C=O) groups is 1. The number of sulfonamides is 1. The molecule has 1 aromatic rings. The topological polar surface area (TPSA) is 76.6 Å². The Kier molecular flexibility index (Phi) is 3.63. The van der Waals surface area contributed by atoms with E-state index < -0.39 is 16.0 Å². The van der Waals surface area contributed by atoms with Gasteiger partial charge in [0.15, 0.2) is 0 Å². The summed E-state index contributed by atoms with van der Waals surface area (Å²) in [7, 11) is -1.82. The summed E-state index contributed by atoms with van der Waals surface area (Å²) >= 11 is 0. The van der Waals surface area contributed by atoms with Crippen molar-refractivity contribution in [2.24, 2.45) is 0 Å². The van der Waals surface area contributed by atoms with E-state index >= 15 is 0 Å². The number of carbonyl (C=O) groups excluding carboxylic acids is 1. The maximum Gasteiger partial charge on any atom is 0.339 e. The van der Waals surface area contributed by atoms with E-state index in [1.807, 2.05) is 0 Å². The number of esters is 1.